The van der Waals surface area contributed by atoms with Crippen LogP contribution in [0.3, 0.4) is 0 Å². The van der Waals surface area contributed by atoms with Crippen LogP contribution < -0.4 is 10.6 Å². The van der Waals surface area contributed by atoms with Gasteiger partial charge in [0.2, 0.25) is 5.95 Å². The Morgan fingerprint density at radius 2 is 1.70 bits per heavy atom. The number of carbonyl (C=O) groups excluding carboxylic acids is 1. The zero-order chi connectivity index (χ0) is 19.2. The fraction of sp³-hybridized carbons (Fsp3) is 0.227. The van der Waals surface area contributed by atoms with Crippen LogP contribution in [0.2, 0.25) is 0 Å². The van der Waals surface area contributed by atoms with E-state index >= 15 is 0 Å². The largest absolute Gasteiger partial charge is 0.348 e. The van der Waals surface area contributed by atoms with E-state index in [9.17, 15) is 4.79 Å². The SMILES string of the molecule is Cc1cccc(C(C)C)c1Nc1ncc(C(=O)NCc2ccccc2)cn1. The molecule has 27 heavy (non-hydrogen) atoms. The van der Waals surface area contributed by atoms with E-state index in [1.54, 1.807) is 12.4 Å². The van der Waals surface area contributed by atoms with Crippen LogP contribution in [0, 0.1) is 6.92 Å². The molecule has 0 saturated heterocycles. The van der Waals surface area contributed by atoms with Crippen LogP contribution in [-0.2, 0) is 6.54 Å². The zero-order valence-corrected chi connectivity index (χ0v) is 15.9. The maximum Gasteiger partial charge on any atom is 0.254 e. The number of anilines is 2. The minimum absolute atomic E-state index is 0.191. The molecule has 1 amide bonds. The summed E-state index contributed by atoms with van der Waals surface area (Å²) in [6, 6.07) is 16.0. The second kappa shape index (κ2) is 8.45. The Kier molecular flexibility index (Phi) is 5.81. The normalized spacial score (nSPS) is 10.7. The van der Waals surface area contributed by atoms with Gasteiger partial charge in [0.15, 0.2) is 0 Å². The molecule has 1 aromatic heterocycles. The number of hydrogen-bond donors (Lipinski definition) is 2. The molecule has 0 fully saturated rings. The first-order valence-electron chi connectivity index (χ1n) is 9.05. The molecule has 0 aliphatic rings. The summed E-state index contributed by atoms with van der Waals surface area (Å²) in [6.07, 6.45) is 3.09. The van der Waals surface area contributed by atoms with Gasteiger partial charge >= 0.3 is 0 Å². The average Bonchev–Trinajstić information content (AvgIpc) is 2.69. The number of aromatic nitrogens is 2. The lowest BCUT2D eigenvalue weighted by molar-refractivity contribution is 0.0950. The van der Waals surface area contributed by atoms with E-state index in [-0.39, 0.29) is 5.91 Å². The van der Waals surface area contributed by atoms with Gasteiger partial charge in [0.1, 0.15) is 0 Å². The number of para-hydroxylation sites is 1. The molecule has 1 heterocycles. The minimum Gasteiger partial charge on any atom is -0.348 e. The highest BCUT2D eigenvalue weighted by atomic mass is 16.1. The lowest BCUT2D eigenvalue weighted by atomic mass is 9.98. The highest BCUT2D eigenvalue weighted by molar-refractivity contribution is 5.93. The smallest absolute Gasteiger partial charge is 0.254 e. The molecule has 5 nitrogen and oxygen atoms in total. The molecule has 0 bridgehead atoms. The second-order valence-electron chi connectivity index (χ2n) is 6.78. The lowest BCUT2D eigenvalue weighted by Gasteiger charge is -2.16. The maximum atomic E-state index is 12.3. The van der Waals surface area contributed by atoms with E-state index in [1.165, 1.54) is 5.56 Å². The monoisotopic (exact) mass is 360 g/mol. The molecule has 0 unspecified atom stereocenters. The summed E-state index contributed by atoms with van der Waals surface area (Å²) in [6.45, 7) is 6.84. The maximum absolute atomic E-state index is 12.3. The molecule has 0 saturated carbocycles. The standard InChI is InChI=1S/C22H24N4O/c1-15(2)19-11-7-8-16(3)20(19)26-22-24-13-18(14-25-22)21(27)23-12-17-9-5-4-6-10-17/h4-11,13-15H,12H2,1-3H3,(H,23,27)(H,24,25,26). The molecule has 0 atom stereocenters. The number of amides is 1. The van der Waals surface area contributed by atoms with E-state index in [4.69, 9.17) is 0 Å². The Balaban J connectivity index is 1.68. The van der Waals surface area contributed by atoms with Crippen LogP contribution in [0.25, 0.3) is 0 Å². The van der Waals surface area contributed by atoms with Crippen LogP contribution in [0.4, 0.5) is 11.6 Å². The van der Waals surface area contributed by atoms with Gasteiger partial charge in [0, 0.05) is 24.6 Å². The van der Waals surface area contributed by atoms with E-state index < -0.39 is 0 Å². The summed E-state index contributed by atoms with van der Waals surface area (Å²) in [5, 5.41) is 6.17. The molecule has 0 spiro atoms. The van der Waals surface area contributed by atoms with Crippen molar-refractivity contribution in [1.82, 2.24) is 15.3 Å². The number of carbonyl (C=O) groups is 1. The Morgan fingerprint density at radius 1 is 1.00 bits per heavy atom. The predicted molar refractivity (Wildman–Crippen MR) is 108 cm³/mol. The van der Waals surface area contributed by atoms with Gasteiger partial charge in [0.25, 0.3) is 5.91 Å². The van der Waals surface area contributed by atoms with Crippen molar-refractivity contribution in [3.8, 4) is 0 Å². The fourth-order valence-corrected chi connectivity index (χ4v) is 2.84. The summed E-state index contributed by atoms with van der Waals surface area (Å²) in [7, 11) is 0. The minimum atomic E-state index is -0.191. The summed E-state index contributed by atoms with van der Waals surface area (Å²) >= 11 is 0. The van der Waals surface area contributed by atoms with Crippen molar-refractivity contribution in [3.63, 3.8) is 0 Å². The molecule has 3 rings (SSSR count). The summed E-state index contributed by atoms with van der Waals surface area (Å²) in [5.41, 5.74) is 4.85. The first kappa shape index (κ1) is 18.6. The molecule has 5 heteroatoms. The third kappa shape index (κ3) is 4.70. The van der Waals surface area contributed by atoms with E-state index in [1.807, 2.05) is 30.3 Å². The number of nitrogens with zero attached hydrogens (tertiary/aromatic N) is 2. The van der Waals surface area contributed by atoms with Crippen molar-refractivity contribution < 1.29 is 4.79 Å². The van der Waals surface area contributed by atoms with E-state index in [0.717, 1.165) is 16.8 Å². The van der Waals surface area contributed by atoms with Crippen LogP contribution in [0.1, 0.15) is 46.8 Å². The van der Waals surface area contributed by atoms with Crippen molar-refractivity contribution in [3.05, 3.63) is 83.2 Å². The number of benzene rings is 2. The Morgan fingerprint density at radius 3 is 2.37 bits per heavy atom. The van der Waals surface area contributed by atoms with Gasteiger partial charge in [-0.2, -0.15) is 0 Å². The quantitative estimate of drug-likeness (QED) is 0.675. The van der Waals surface area contributed by atoms with Crippen LogP contribution in [0.5, 0.6) is 0 Å². The molecular formula is C22H24N4O. The first-order valence-corrected chi connectivity index (χ1v) is 9.05. The van der Waals surface area contributed by atoms with Crippen molar-refractivity contribution in [2.75, 3.05) is 5.32 Å². The highest BCUT2D eigenvalue weighted by Crippen LogP contribution is 2.29. The predicted octanol–water partition coefficient (Wildman–Crippen LogP) is 4.58. The fourth-order valence-electron chi connectivity index (χ4n) is 2.84. The molecule has 0 aliphatic heterocycles. The van der Waals surface area contributed by atoms with Crippen molar-refractivity contribution in [1.29, 1.82) is 0 Å². The van der Waals surface area contributed by atoms with Gasteiger partial charge < -0.3 is 10.6 Å². The Bertz CT molecular complexity index is 905. The highest BCUT2D eigenvalue weighted by Gasteiger charge is 2.11. The van der Waals surface area contributed by atoms with Crippen LogP contribution in [-0.4, -0.2) is 15.9 Å². The molecule has 0 aliphatic carbocycles. The van der Waals surface area contributed by atoms with Gasteiger partial charge in [-0.3, -0.25) is 4.79 Å². The number of hydrogen-bond acceptors (Lipinski definition) is 4. The molecular weight excluding hydrogens is 336 g/mol. The number of aryl methyl sites for hydroxylation is 1. The van der Waals surface area contributed by atoms with E-state index in [2.05, 4.69) is 59.6 Å². The first-order chi connectivity index (χ1) is 13.0. The number of rotatable bonds is 6. The molecule has 2 N–H and O–H groups in total. The van der Waals surface area contributed by atoms with Crippen LogP contribution >= 0.6 is 0 Å². The van der Waals surface area contributed by atoms with Crippen molar-refractivity contribution in [2.24, 2.45) is 0 Å². The van der Waals surface area contributed by atoms with Crippen molar-refractivity contribution in [2.45, 2.75) is 33.2 Å². The summed E-state index contributed by atoms with van der Waals surface area (Å²) in [5.74, 6) is 0.672. The van der Waals surface area contributed by atoms with Gasteiger partial charge in [0.05, 0.1) is 5.56 Å². The average molecular weight is 360 g/mol. The summed E-state index contributed by atoms with van der Waals surface area (Å²) < 4.78 is 0. The topological polar surface area (TPSA) is 66.9 Å². The third-order valence-electron chi connectivity index (χ3n) is 4.37. The van der Waals surface area contributed by atoms with Gasteiger partial charge in [-0.1, -0.05) is 62.4 Å². The van der Waals surface area contributed by atoms with Gasteiger partial charge in [-0.15, -0.1) is 0 Å². The zero-order valence-electron chi connectivity index (χ0n) is 15.9. The Hall–Kier alpha value is -3.21. The second-order valence-corrected chi connectivity index (χ2v) is 6.78. The molecule has 138 valence electrons. The van der Waals surface area contributed by atoms with Crippen LogP contribution in [0.15, 0.2) is 60.9 Å². The lowest BCUT2D eigenvalue weighted by Crippen LogP contribution is -2.23. The van der Waals surface area contributed by atoms with Gasteiger partial charge in [-0.05, 0) is 29.5 Å². The molecule has 3 aromatic rings. The summed E-state index contributed by atoms with van der Waals surface area (Å²) in [4.78, 5) is 20.9. The molecule has 2 aromatic carbocycles. The van der Waals surface area contributed by atoms with Crippen molar-refractivity contribution >= 4 is 17.5 Å². The molecule has 0 radical (unpaired) electrons. The third-order valence-corrected chi connectivity index (χ3v) is 4.37. The Labute approximate surface area is 159 Å². The van der Waals surface area contributed by atoms with Gasteiger partial charge in [-0.25, -0.2) is 9.97 Å². The van der Waals surface area contributed by atoms with E-state index in [0.29, 0.717) is 24.0 Å². The number of nitrogens with one attached hydrogen (secondary N) is 2.